The predicted molar refractivity (Wildman–Crippen MR) is 104 cm³/mol. The Bertz CT molecular complexity index is 1020. The molecule has 27 heavy (non-hydrogen) atoms. The summed E-state index contributed by atoms with van der Waals surface area (Å²) in [6.45, 7) is 6.06. The smallest absolute Gasteiger partial charge is 0.258 e. The van der Waals surface area contributed by atoms with Crippen LogP contribution in [0, 0.1) is 13.8 Å². The second-order valence-corrected chi connectivity index (χ2v) is 7.55. The Balaban J connectivity index is 1.48. The topological polar surface area (TPSA) is 70.7 Å². The molecule has 0 spiro atoms. The molecule has 0 aliphatic carbocycles. The largest absolute Gasteiger partial charge is 0.383 e. The molecule has 0 amide bonds. The normalized spacial score (nSPS) is 17.3. The monoisotopic (exact) mass is 364 g/mol. The highest BCUT2D eigenvalue weighted by molar-refractivity contribution is 5.41. The van der Waals surface area contributed by atoms with Gasteiger partial charge < -0.3 is 5.11 Å². The highest BCUT2D eigenvalue weighted by Gasteiger charge is 2.35. The van der Waals surface area contributed by atoms with Crippen molar-refractivity contribution in [3.8, 4) is 0 Å². The number of aromatic nitrogens is 3. The molecule has 4 heterocycles. The third-order valence-electron chi connectivity index (χ3n) is 5.33. The number of likely N-dealkylation sites (tertiary alicyclic amines) is 1. The van der Waals surface area contributed by atoms with Gasteiger partial charge in [0.15, 0.2) is 0 Å². The van der Waals surface area contributed by atoms with Gasteiger partial charge in [0.05, 0.1) is 11.4 Å². The zero-order chi connectivity index (χ0) is 19.0. The zero-order valence-electron chi connectivity index (χ0n) is 15.7. The van der Waals surface area contributed by atoms with E-state index in [1.54, 1.807) is 22.9 Å². The van der Waals surface area contributed by atoms with Crippen LogP contribution in [0.4, 0.5) is 0 Å². The molecule has 1 aliphatic heterocycles. The van der Waals surface area contributed by atoms with Crippen molar-refractivity contribution in [2.24, 2.45) is 0 Å². The Morgan fingerprint density at radius 3 is 2.59 bits per heavy atom. The molecular formula is C21H24N4O2. The van der Waals surface area contributed by atoms with E-state index in [0.717, 1.165) is 35.6 Å². The second kappa shape index (κ2) is 6.87. The van der Waals surface area contributed by atoms with E-state index in [-0.39, 0.29) is 5.56 Å². The summed E-state index contributed by atoms with van der Waals surface area (Å²) in [4.78, 5) is 23.6. The van der Waals surface area contributed by atoms with E-state index in [1.807, 2.05) is 38.1 Å². The molecule has 1 N–H and O–H groups in total. The number of hydrogen-bond donors (Lipinski definition) is 1. The van der Waals surface area contributed by atoms with Crippen LogP contribution in [0.15, 0.2) is 47.5 Å². The fraction of sp³-hybridized carbons (Fsp3) is 0.381. The molecule has 1 fully saturated rings. The maximum atomic E-state index is 12.3. The Morgan fingerprint density at radius 1 is 1.11 bits per heavy atom. The van der Waals surface area contributed by atoms with Crippen molar-refractivity contribution in [1.29, 1.82) is 0 Å². The van der Waals surface area contributed by atoms with Crippen molar-refractivity contribution in [3.05, 3.63) is 75.6 Å². The number of rotatable bonds is 3. The van der Waals surface area contributed by atoms with Crippen LogP contribution in [0.5, 0.6) is 0 Å². The molecule has 0 radical (unpaired) electrons. The van der Waals surface area contributed by atoms with Gasteiger partial charge in [0.2, 0.25) is 0 Å². The Hall–Kier alpha value is -2.57. The fourth-order valence-electron chi connectivity index (χ4n) is 3.64. The first-order valence-corrected chi connectivity index (χ1v) is 9.30. The van der Waals surface area contributed by atoms with E-state index in [4.69, 9.17) is 0 Å². The van der Waals surface area contributed by atoms with Crippen LogP contribution in [0.2, 0.25) is 0 Å². The van der Waals surface area contributed by atoms with E-state index >= 15 is 0 Å². The number of aryl methyl sites for hydroxylation is 2. The van der Waals surface area contributed by atoms with Gasteiger partial charge in [-0.1, -0.05) is 6.07 Å². The predicted octanol–water partition coefficient (Wildman–Crippen LogP) is 2.19. The lowest BCUT2D eigenvalue weighted by Gasteiger charge is -2.37. The van der Waals surface area contributed by atoms with Crippen LogP contribution in [0.3, 0.4) is 0 Å². The molecule has 0 unspecified atom stereocenters. The first-order chi connectivity index (χ1) is 12.9. The summed E-state index contributed by atoms with van der Waals surface area (Å²) in [5.41, 5.74) is 3.41. The summed E-state index contributed by atoms with van der Waals surface area (Å²) in [6.07, 6.45) is 4.80. The molecule has 1 saturated heterocycles. The minimum atomic E-state index is -0.877. The Labute approximate surface area is 158 Å². The molecule has 0 saturated carbocycles. The molecular weight excluding hydrogens is 340 g/mol. The van der Waals surface area contributed by atoms with Gasteiger partial charge in [-0.3, -0.25) is 19.1 Å². The van der Waals surface area contributed by atoms with Crippen molar-refractivity contribution in [3.63, 3.8) is 0 Å². The third-order valence-corrected chi connectivity index (χ3v) is 5.33. The van der Waals surface area contributed by atoms with Crippen molar-refractivity contribution >= 4 is 5.65 Å². The van der Waals surface area contributed by atoms with Gasteiger partial charge >= 0.3 is 0 Å². The van der Waals surface area contributed by atoms with Gasteiger partial charge in [-0.15, -0.1) is 0 Å². The highest BCUT2D eigenvalue weighted by atomic mass is 16.3. The zero-order valence-corrected chi connectivity index (χ0v) is 15.7. The van der Waals surface area contributed by atoms with Crippen LogP contribution >= 0.6 is 0 Å². The van der Waals surface area contributed by atoms with Crippen LogP contribution in [0.1, 0.15) is 35.4 Å². The lowest BCUT2D eigenvalue weighted by Crippen LogP contribution is -2.42. The summed E-state index contributed by atoms with van der Waals surface area (Å²) in [6, 6.07) is 9.33. The van der Waals surface area contributed by atoms with E-state index in [2.05, 4.69) is 14.9 Å². The van der Waals surface area contributed by atoms with Crippen LogP contribution < -0.4 is 5.56 Å². The van der Waals surface area contributed by atoms with E-state index in [1.165, 1.54) is 0 Å². The molecule has 6 nitrogen and oxygen atoms in total. The van der Waals surface area contributed by atoms with Gasteiger partial charge in [0.25, 0.3) is 5.56 Å². The molecule has 140 valence electrons. The Morgan fingerprint density at radius 2 is 1.89 bits per heavy atom. The molecule has 4 rings (SSSR count). The fourth-order valence-corrected chi connectivity index (χ4v) is 3.64. The lowest BCUT2D eigenvalue weighted by atomic mass is 9.87. The number of nitrogens with zero attached hydrogens (tertiary/aromatic N) is 4. The summed E-state index contributed by atoms with van der Waals surface area (Å²) in [5, 5.41) is 11.0. The van der Waals surface area contributed by atoms with Gasteiger partial charge in [-0.25, -0.2) is 4.98 Å². The maximum absolute atomic E-state index is 12.3. The molecule has 6 heteroatoms. The van der Waals surface area contributed by atoms with Gasteiger partial charge in [-0.2, -0.15) is 0 Å². The molecule has 1 aliphatic rings. The van der Waals surface area contributed by atoms with E-state index < -0.39 is 5.60 Å². The average Bonchev–Trinajstić information content (AvgIpc) is 2.64. The minimum absolute atomic E-state index is 0.0626. The van der Waals surface area contributed by atoms with Crippen LogP contribution in [-0.2, 0) is 12.1 Å². The molecule has 3 aromatic heterocycles. The second-order valence-electron chi connectivity index (χ2n) is 7.55. The van der Waals surface area contributed by atoms with E-state index in [0.29, 0.717) is 25.0 Å². The highest BCUT2D eigenvalue weighted by Crippen LogP contribution is 2.31. The van der Waals surface area contributed by atoms with Gasteiger partial charge in [0, 0.05) is 38.1 Å². The van der Waals surface area contributed by atoms with Crippen LogP contribution in [0.25, 0.3) is 5.65 Å². The number of pyridine rings is 2. The quantitative estimate of drug-likeness (QED) is 0.771. The van der Waals surface area contributed by atoms with Crippen molar-refractivity contribution in [1.82, 2.24) is 19.3 Å². The van der Waals surface area contributed by atoms with Crippen molar-refractivity contribution in [2.45, 2.75) is 38.8 Å². The Kier molecular flexibility index (Phi) is 4.53. The molecule has 0 atom stereocenters. The molecule has 0 aromatic carbocycles. The number of hydrogen-bond acceptors (Lipinski definition) is 5. The SMILES string of the molecule is Cc1ccc(C2(O)CCN(Cc3cc(=O)n4ccc(C)cc4n3)CC2)nc1. The van der Waals surface area contributed by atoms with Crippen LogP contribution in [-0.4, -0.2) is 37.5 Å². The van der Waals surface area contributed by atoms with E-state index in [9.17, 15) is 9.90 Å². The molecule has 0 bridgehead atoms. The minimum Gasteiger partial charge on any atom is -0.383 e. The number of aliphatic hydroxyl groups is 1. The lowest BCUT2D eigenvalue weighted by molar-refractivity contribution is -0.0313. The number of fused-ring (bicyclic) bond motifs is 1. The van der Waals surface area contributed by atoms with Crippen molar-refractivity contribution < 1.29 is 5.11 Å². The van der Waals surface area contributed by atoms with Gasteiger partial charge in [-0.05, 0) is 56.0 Å². The summed E-state index contributed by atoms with van der Waals surface area (Å²) < 4.78 is 1.56. The summed E-state index contributed by atoms with van der Waals surface area (Å²) in [7, 11) is 0. The van der Waals surface area contributed by atoms with Gasteiger partial charge in [0.1, 0.15) is 11.2 Å². The van der Waals surface area contributed by atoms with Crippen molar-refractivity contribution in [2.75, 3.05) is 13.1 Å². The first-order valence-electron chi connectivity index (χ1n) is 9.30. The number of piperidine rings is 1. The standard InChI is InChI=1S/C21H24N4O2/c1-15-5-8-25-19(11-15)23-17(12-20(25)26)14-24-9-6-21(27,7-10-24)18-4-3-16(2)13-22-18/h3-5,8,11-13,27H,6-7,9-10,14H2,1-2H3. The first kappa shape index (κ1) is 17.8. The summed E-state index contributed by atoms with van der Waals surface area (Å²) in [5.74, 6) is 0. The average molecular weight is 364 g/mol. The third kappa shape index (κ3) is 3.63. The molecule has 3 aromatic rings. The summed E-state index contributed by atoms with van der Waals surface area (Å²) >= 11 is 0. The maximum Gasteiger partial charge on any atom is 0.258 e.